The minimum atomic E-state index is 0.0706. The summed E-state index contributed by atoms with van der Waals surface area (Å²) in [7, 11) is 0. The summed E-state index contributed by atoms with van der Waals surface area (Å²) < 4.78 is 0. The molecule has 1 aromatic carbocycles. The molecule has 0 radical (unpaired) electrons. The molecule has 1 aromatic rings. The molecule has 1 aliphatic carbocycles. The van der Waals surface area contributed by atoms with Crippen LogP contribution in [0.1, 0.15) is 36.8 Å². The van der Waals surface area contributed by atoms with Crippen LogP contribution in [0.5, 0.6) is 0 Å². The maximum Gasteiger partial charge on any atom is 0.230 e. The smallest absolute Gasteiger partial charge is 0.230 e. The fraction of sp³-hybridized carbons (Fsp3) is 0.533. The third-order valence-electron chi connectivity index (χ3n) is 3.60. The molecule has 2 rings (SSSR count). The van der Waals surface area contributed by atoms with E-state index in [1.807, 2.05) is 17.0 Å². The van der Waals surface area contributed by atoms with Crippen LogP contribution >= 0.6 is 11.6 Å². The molecule has 1 atom stereocenters. The highest BCUT2D eigenvalue weighted by molar-refractivity contribution is 6.18. The molecule has 1 aliphatic rings. The van der Waals surface area contributed by atoms with Crippen LogP contribution in [0, 0.1) is 0 Å². The number of halogens is 1. The summed E-state index contributed by atoms with van der Waals surface area (Å²) >= 11 is 5.79. The number of unbranched alkanes of at least 4 members (excludes halogenated alkanes) is 1. The molecular weight excluding hydrogens is 246 g/mol. The molecule has 0 aromatic heterocycles. The Kier molecular flexibility index (Phi) is 4.65. The minimum absolute atomic E-state index is 0.0706. The van der Waals surface area contributed by atoms with Crippen molar-refractivity contribution < 1.29 is 4.79 Å². The van der Waals surface area contributed by atoms with Gasteiger partial charge in [-0.25, -0.2) is 0 Å². The van der Waals surface area contributed by atoms with Gasteiger partial charge in [0.1, 0.15) is 0 Å². The van der Waals surface area contributed by atoms with Crippen molar-refractivity contribution in [3.63, 3.8) is 0 Å². The molecule has 0 fully saturated rings. The summed E-state index contributed by atoms with van der Waals surface area (Å²) in [4.78, 5) is 14.4. The standard InChI is InChI=1S/C15H20ClNO/c1-2-3-9-17(10-8-16)15(18)14-11-12-6-4-5-7-13(12)14/h4-7,14H,2-3,8-11H2,1H3. The number of fused-ring (bicyclic) bond motifs is 1. The van der Waals surface area contributed by atoms with Gasteiger partial charge in [0.15, 0.2) is 0 Å². The Morgan fingerprint density at radius 1 is 1.39 bits per heavy atom. The molecule has 1 amide bonds. The Morgan fingerprint density at radius 2 is 2.17 bits per heavy atom. The van der Waals surface area contributed by atoms with Gasteiger partial charge < -0.3 is 4.90 Å². The second kappa shape index (κ2) is 6.24. The fourth-order valence-electron chi connectivity index (χ4n) is 2.48. The van der Waals surface area contributed by atoms with Crippen LogP contribution in [0.3, 0.4) is 0 Å². The first-order valence-corrected chi connectivity index (χ1v) is 7.24. The third-order valence-corrected chi connectivity index (χ3v) is 3.77. The number of alkyl halides is 1. The highest BCUT2D eigenvalue weighted by atomic mass is 35.5. The molecule has 1 unspecified atom stereocenters. The number of hydrogen-bond donors (Lipinski definition) is 0. The number of benzene rings is 1. The van der Waals surface area contributed by atoms with Gasteiger partial charge in [0.2, 0.25) is 5.91 Å². The second-order valence-electron chi connectivity index (χ2n) is 4.82. The lowest BCUT2D eigenvalue weighted by Gasteiger charge is -2.33. The molecule has 98 valence electrons. The Bertz CT molecular complexity index is 419. The molecule has 3 heteroatoms. The number of carbonyl (C=O) groups is 1. The van der Waals surface area contributed by atoms with E-state index in [1.54, 1.807) is 0 Å². The van der Waals surface area contributed by atoms with Crippen molar-refractivity contribution in [2.75, 3.05) is 19.0 Å². The summed E-state index contributed by atoms with van der Waals surface area (Å²) in [6.07, 6.45) is 3.05. The zero-order chi connectivity index (χ0) is 13.0. The van der Waals surface area contributed by atoms with Crippen LogP contribution in [0.25, 0.3) is 0 Å². The van der Waals surface area contributed by atoms with Gasteiger partial charge in [-0.15, -0.1) is 11.6 Å². The van der Waals surface area contributed by atoms with Gasteiger partial charge in [0, 0.05) is 19.0 Å². The predicted molar refractivity (Wildman–Crippen MR) is 75.1 cm³/mol. The van der Waals surface area contributed by atoms with E-state index < -0.39 is 0 Å². The third kappa shape index (κ3) is 2.69. The molecule has 0 heterocycles. The van der Waals surface area contributed by atoms with E-state index in [1.165, 1.54) is 11.1 Å². The summed E-state index contributed by atoms with van der Waals surface area (Å²) in [5.41, 5.74) is 2.52. The average molecular weight is 266 g/mol. The van der Waals surface area contributed by atoms with Gasteiger partial charge in [-0.1, -0.05) is 37.6 Å². The van der Waals surface area contributed by atoms with Crippen LogP contribution in [-0.4, -0.2) is 29.8 Å². The van der Waals surface area contributed by atoms with Crippen LogP contribution in [-0.2, 0) is 11.2 Å². The normalized spacial score (nSPS) is 16.9. The lowest BCUT2D eigenvalue weighted by Crippen LogP contribution is -2.40. The van der Waals surface area contributed by atoms with Gasteiger partial charge >= 0.3 is 0 Å². The highest BCUT2D eigenvalue weighted by Gasteiger charge is 2.34. The molecule has 0 N–H and O–H groups in total. The van der Waals surface area contributed by atoms with E-state index >= 15 is 0 Å². The fourth-order valence-corrected chi connectivity index (χ4v) is 2.69. The summed E-state index contributed by atoms with van der Waals surface area (Å²) in [5, 5.41) is 0. The highest BCUT2D eigenvalue weighted by Crippen LogP contribution is 2.36. The van der Waals surface area contributed by atoms with Gasteiger partial charge in [0.05, 0.1) is 5.92 Å². The van der Waals surface area contributed by atoms with Crippen LogP contribution in [0.2, 0.25) is 0 Å². The molecule has 2 nitrogen and oxygen atoms in total. The SMILES string of the molecule is CCCCN(CCCl)C(=O)C1Cc2ccccc21. The Hall–Kier alpha value is -1.02. The molecule has 0 aliphatic heterocycles. The largest absolute Gasteiger partial charge is 0.341 e. The van der Waals surface area contributed by atoms with Crippen LogP contribution < -0.4 is 0 Å². The summed E-state index contributed by atoms with van der Waals surface area (Å²) in [6.45, 7) is 3.64. The molecule has 0 bridgehead atoms. The van der Waals surface area contributed by atoms with E-state index in [0.717, 1.165) is 25.8 Å². The van der Waals surface area contributed by atoms with E-state index in [4.69, 9.17) is 11.6 Å². The van der Waals surface area contributed by atoms with Crippen molar-refractivity contribution in [2.24, 2.45) is 0 Å². The quantitative estimate of drug-likeness (QED) is 0.724. The Labute approximate surface area is 114 Å². The number of nitrogens with zero attached hydrogens (tertiary/aromatic N) is 1. The van der Waals surface area contributed by atoms with Crippen LogP contribution in [0.4, 0.5) is 0 Å². The summed E-state index contributed by atoms with van der Waals surface area (Å²) in [6, 6.07) is 8.22. The Balaban J connectivity index is 2.02. The van der Waals surface area contributed by atoms with Gasteiger partial charge in [-0.05, 0) is 24.0 Å². The first-order valence-electron chi connectivity index (χ1n) is 6.70. The van der Waals surface area contributed by atoms with Crippen molar-refractivity contribution >= 4 is 17.5 Å². The van der Waals surface area contributed by atoms with Gasteiger partial charge in [-0.2, -0.15) is 0 Å². The lowest BCUT2D eigenvalue weighted by molar-refractivity contribution is -0.133. The summed E-state index contributed by atoms with van der Waals surface area (Å²) in [5.74, 6) is 0.841. The number of rotatable bonds is 6. The number of amides is 1. The first kappa shape index (κ1) is 13.4. The van der Waals surface area contributed by atoms with Crippen molar-refractivity contribution in [3.8, 4) is 0 Å². The van der Waals surface area contributed by atoms with Crippen molar-refractivity contribution in [2.45, 2.75) is 32.1 Å². The predicted octanol–water partition coefficient (Wildman–Crippen LogP) is 3.19. The maximum atomic E-state index is 12.5. The minimum Gasteiger partial charge on any atom is -0.341 e. The molecule has 0 saturated carbocycles. The average Bonchev–Trinajstić information content (AvgIpc) is 2.35. The Morgan fingerprint density at radius 3 is 2.83 bits per heavy atom. The van der Waals surface area contributed by atoms with Crippen molar-refractivity contribution in [1.82, 2.24) is 4.90 Å². The second-order valence-corrected chi connectivity index (χ2v) is 5.20. The lowest BCUT2D eigenvalue weighted by atomic mass is 9.77. The van der Waals surface area contributed by atoms with E-state index in [0.29, 0.717) is 12.4 Å². The van der Waals surface area contributed by atoms with Crippen molar-refractivity contribution in [3.05, 3.63) is 35.4 Å². The van der Waals surface area contributed by atoms with Crippen LogP contribution in [0.15, 0.2) is 24.3 Å². The van der Waals surface area contributed by atoms with E-state index in [-0.39, 0.29) is 11.8 Å². The molecular formula is C15H20ClNO. The van der Waals surface area contributed by atoms with Gasteiger partial charge in [-0.3, -0.25) is 4.79 Å². The number of carbonyl (C=O) groups excluding carboxylic acids is 1. The molecule has 18 heavy (non-hydrogen) atoms. The zero-order valence-corrected chi connectivity index (χ0v) is 11.6. The van der Waals surface area contributed by atoms with Gasteiger partial charge in [0.25, 0.3) is 0 Å². The van der Waals surface area contributed by atoms with E-state index in [9.17, 15) is 4.79 Å². The number of hydrogen-bond acceptors (Lipinski definition) is 1. The topological polar surface area (TPSA) is 20.3 Å². The van der Waals surface area contributed by atoms with Crippen molar-refractivity contribution in [1.29, 1.82) is 0 Å². The molecule has 0 saturated heterocycles. The zero-order valence-electron chi connectivity index (χ0n) is 10.9. The monoisotopic (exact) mass is 265 g/mol. The maximum absolute atomic E-state index is 12.5. The first-order chi connectivity index (χ1) is 8.77. The molecule has 0 spiro atoms. The van der Waals surface area contributed by atoms with E-state index in [2.05, 4.69) is 19.1 Å².